The third-order valence-corrected chi connectivity index (χ3v) is 2.32. The molecule has 19 heavy (non-hydrogen) atoms. The number of carbonyl (C=O) groups excluding carboxylic acids is 1. The van der Waals surface area contributed by atoms with Crippen LogP contribution in [-0.2, 0) is 11.3 Å². The zero-order valence-corrected chi connectivity index (χ0v) is 10.1. The number of methoxy groups -OCH3 is 1. The van der Waals surface area contributed by atoms with Crippen LogP contribution >= 0.6 is 0 Å². The molecule has 1 aromatic carbocycles. The van der Waals surface area contributed by atoms with E-state index in [4.69, 9.17) is 15.0 Å². The van der Waals surface area contributed by atoms with E-state index in [9.17, 15) is 9.18 Å². The van der Waals surface area contributed by atoms with E-state index in [-0.39, 0.29) is 18.0 Å². The van der Waals surface area contributed by atoms with Crippen LogP contribution in [0.25, 0.3) is 0 Å². The molecule has 1 aromatic heterocycles. The fraction of sp³-hybridized carbons (Fsp3) is 0.167. The zero-order valence-electron chi connectivity index (χ0n) is 10.1. The van der Waals surface area contributed by atoms with Crippen LogP contribution < -0.4 is 11.1 Å². The van der Waals surface area contributed by atoms with Gasteiger partial charge in [-0.05, 0) is 18.2 Å². The Balaban J connectivity index is 2.13. The first kappa shape index (κ1) is 13.0. The third-order valence-electron chi connectivity index (χ3n) is 2.32. The number of rotatable bonds is 4. The minimum Gasteiger partial charge on any atom is -0.399 e. The summed E-state index contributed by atoms with van der Waals surface area (Å²) in [5.41, 5.74) is 5.88. The number of ether oxygens (including phenoxy) is 1. The summed E-state index contributed by atoms with van der Waals surface area (Å²) in [6, 6.07) is 5.31. The molecule has 0 bridgehead atoms. The summed E-state index contributed by atoms with van der Waals surface area (Å²) in [5, 5.41) is 5.93. The number of nitrogens with zero attached hydrogens (tertiary/aromatic N) is 1. The molecule has 3 N–H and O–H groups in total. The van der Waals surface area contributed by atoms with Crippen molar-refractivity contribution in [3.05, 3.63) is 41.5 Å². The van der Waals surface area contributed by atoms with Crippen molar-refractivity contribution in [2.24, 2.45) is 0 Å². The molecule has 1 amide bonds. The Morgan fingerprint density at radius 1 is 1.53 bits per heavy atom. The summed E-state index contributed by atoms with van der Waals surface area (Å²) in [6.07, 6.45) is 0. The number of halogens is 1. The predicted octanol–water partition coefficient (Wildman–Crippen LogP) is 1.79. The van der Waals surface area contributed by atoms with Gasteiger partial charge in [0, 0.05) is 18.9 Å². The van der Waals surface area contributed by atoms with Crippen molar-refractivity contribution in [2.75, 3.05) is 18.2 Å². The van der Waals surface area contributed by atoms with Crippen molar-refractivity contribution in [1.82, 2.24) is 5.16 Å². The number of nitrogen functional groups attached to an aromatic ring is 1. The van der Waals surface area contributed by atoms with Crippen LogP contribution in [-0.4, -0.2) is 18.2 Å². The van der Waals surface area contributed by atoms with Gasteiger partial charge in [-0.15, -0.1) is 0 Å². The van der Waals surface area contributed by atoms with Gasteiger partial charge in [-0.2, -0.15) is 0 Å². The number of hydrogen-bond donors (Lipinski definition) is 2. The molecular formula is C12H12FN3O3. The summed E-state index contributed by atoms with van der Waals surface area (Å²) in [5.74, 6) is -0.764. The highest BCUT2D eigenvalue weighted by Gasteiger charge is 2.14. The smallest absolute Gasteiger partial charge is 0.277 e. The second-order valence-corrected chi connectivity index (χ2v) is 3.80. The second-order valence-electron chi connectivity index (χ2n) is 3.80. The van der Waals surface area contributed by atoms with Crippen molar-refractivity contribution in [3.63, 3.8) is 0 Å². The molecule has 2 rings (SSSR count). The number of amides is 1. The van der Waals surface area contributed by atoms with E-state index in [0.29, 0.717) is 11.4 Å². The van der Waals surface area contributed by atoms with E-state index >= 15 is 0 Å². The van der Waals surface area contributed by atoms with Crippen LogP contribution in [0.2, 0.25) is 0 Å². The van der Waals surface area contributed by atoms with Crippen LogP contribution in [0.5, 0.6) is 0 Å². The summed E-state index contributed by atoms with van der Waals surface area (Å²) in [6.45, 7) is 0.201. The molecule has 0 radical (unpaired) electrons. The van der Waals surface area contributed by atoms with Crippen LogP contribution in [0.15, 0.2) is 28.8 Å². The largest absolute Gasteiger partial charge is 0.399 e. The maximum Gasteiger partial charge on any atom is 0.277 e. The fourth-order valence-electron chi connectivity index (χ4n) is 1.46. The van der Waals surface area contributed by atoms with E-state index in [1.54, 1.807) is 0 Å². The molecule has 0 aliphatic carbocycles. The standard InChI is InChI=1S/C12H12FN3O3/c1-18-6-8-5-11(16-19-8)12(17)15-10-4-7(14)2-3-9(10)13/h2-5H,6,14H2,1H3,(H,15,17). The van der Waals surface area contributed by atoms with Gasteiger partial charge in [0.25, 0.3) is 5.91 Å². The highest BCUT2D eigenvalue weighted by atomic mass is 19.1. The number of aromatic nitrogens is 1. The van der Waals surface area contributed by atoms with Crippen molar-refractivity contribution < 1.29 is 18.4 Å². The van der Waals surface area contributed by atoms with Crippen LogP contribution in [0.1, 0.15) is 16.2 Å². The molecule has 0 unspecified atom stereocenters. The number of hydrogen-bond acceptors (Lipinski definition) is 5. The molecule has 0 saturated carbocycles. The Labute approximate surface area is 108 Å². The highest BCUT2D eigenvalue weighted by molar-refractivity contribution is 6.03. The lowest BCUT2D eigenvalue weighted by atomic mass is 10.2. The topological polar surface area (TPSA) is 90.4 Å². The third kappa shape index (κ3) is 3.08. The molecule has 2 aromatic rings. The monoisotopic (exact) mass is 265 g/mol. The fourth-order valence-corrected chi connectivity index (χ4v) is 1.46. The van der Waals surface area contributed by atoms with Crippen LogP contribution in [0.4, 0.5) is 15.8 Å². The van der Waals surface area contributed by atoms with Crippen molar-refractivity contribution in [1.29, 1.82) is 0 Å². The van der Waals surface area contributed by atoms with Crippen molar-refractivity contribution in [2.45, 2.75) is 6.61 Å². The molecule has 1 heterocycles. The Morgan fingerprint density at radius 3 is 3.05 bits per heavy atom. The molecular weight excluding hydrogens is 253 g/mol. The summed E-state index contributed by atoms with van der Waals surface area (Å²) < 4.78 is 23.1. The summed E-state index contributed by atoms with van der Waals surface area (Å²) >= 11 is 0. The molecule has 0 aliphatic rings. The van der Waals surface area contributed by atoms with Gasteiger partial charge in [0.1, 0.15) is 12.4 Å². The number of carbonyl (C=O) groups is 1. The lowest BCUT2D eigenvalue weighted by Gasteiger charge is -2.05. The Bertz CT molecular complexity index is 598. The Kier molecular flexibility index (Phi) is 3.76. The van der Waals surface area contributed by atoms with Gasteiger partial charge in [0.15, 0.2) is 11.5 Å². The van der Waals surface area contributed by atoms with E-state index < -0.39 is 11.7 Å². The molecule has 0 atom stereocenters. The summed E-state index contributed by atoms with van der Waals surface area (Å²) in [4.78, 5) is 11.8. The van der Waals surface area contributed by atoms with E-state index in [0.717, 1.165) is 0 Å². The number of anilines is 2. The van der Waals surface area contributed by atoms with Crippen LogP contribution in [0, 0.1) is 5.82 Å². The normalized spacial score (nSPS) is 10.4. The first-order valence-electron chi connectivity index (χ1n) is 5.41. The first-order valence-corrected chi connectivity index (χ1v) is 5.41. The molecule has 7 heteroatoms. The number of benzene rings is 1. The number of nitrogens with one attached hydrogen (secondary N) is 1. The maximum absolute atomic E-state index is 13.4. The van der Waals surface area contributed by atoms with Gasteiger partial charge in [-0.3, -0.25) is 4.79 Å². The Morgan fingerprint density at radius 2 is 2.32 bits per heavy atom. The highest BCUT2D eigenvalue weighted by Crippen LogP contribution is 2.18. The minimum atomic E-state index is -0.587. The second kappa shape index (κ2) is 5.49. The lowest BCUT2D eigenvalue weighted by molar-refractivity contribution is 0.101. The van der Waals surface area contributed by atoms with Gasteiger partial charge in [0.2, 0.25) is 0 Å². The van der Waals surface area contributed by atoms with Crippen molar-refractivity contribution >= 4 is 17.3 Å². The molecule has 0 spiro atoms. The average Bonchev–Trinajstić information content (AvgIpc) is 2.83. The maximum atomic E-state index is 13.4. The van der Waals surface area contributed by atoms with Gasteiger partial charge in [0.05, 0.1) is 5.69 Å². The molecule has 100 valence electrons. The minimum absolute atomic E-state index is 0.0127. The van der Waals surface area contributed by atoms with Gasteiger partial charge < -0.3 is 20.3 Å². The quantitative estimate of drug-likeness (QED) is 0.822. The molecule has 0 aliphatic heterocycles. The zero-order chi connectivity index (χ0) is 13.8. The van der Waals surface area contributed by atoms with E-state index in [2.05, 4.69) is 10.5 Å². The van der Waals surface area contributed by atoms with Crippen molar-refractivity contribution in [3.8, 4) is 0 Å². The predicted molar refractivity (Wildman–Crippen MR) is 66.0 cm³/mol. The van der Waals surface area contributed by atoms with E-state index in [1.165, 1.54) is 31.4 Å². The van der Waals surface area contributed by atoms with Gasteiger partial charge in [-0.1, -0.05) is 5.16 Å². The number of nitrogens with two attached hydrogens (primary N) is 1. The van der Waals surface area contributed by atoms with Crippen LogP contribution in [0.3, 0.4) is 0 Å². The first-order chi connectivity index (χ1) is 9.10. The molecule has 0 fully saturated rings. The van der Waals surface area contributed by atoms with Gasteiger partial charge >= 0.3 is 0 Å². The van der Waals surface area contributed by atoms with Gasteiger partial charge in [-0.25, -0.2) is 4.39 Å². The SMILES string of the molecule is COCc1cc(C(=O)Nc2cc(N)ccc2F)no1. The molecule has 0 saturated heterocycles. The Hall–Kier alpha value is -2.41. The lowest BCUT2D eigenvalue weighted by Crippen LogP contribution is -2.13. The molecule has 6 nitrogen and oxygen atoms in total. The average molecular weight is 265 g/mol. The van der Waals surface area contributed by atoms with E-state index in [1.807, 2.05) is 0 Å². The summed E-state index contributed by atoms with van der Waals surface area (Å²) in [7, 11) is 1.49.